The molecule has 1 saturated carbocycles. The molecule has 1 unspecified atom stereocenters. The second kappa shape index (κ2) is 8.82. The number of nitrogens with zero attached hydrogens (tertiary/aromatic N) is 1. The third-order valence-corrected chi connectivity index (χ3v) is 5.22. The fourth-order valence-electron chi connectivity index (χ4n) is 3.95. The van der Waals surface area contributed by atoms with Gasteiger partial charge < -0.3 is 5.11 Å². The summed E-state index contributed by atoms with van der Waals surface area (Å²) in [4.78, 5) is 14.1. The lowest BCUT2D eigenvalue weighted by Crippen LogP contribution is -2.37. The number of rotatable bonds is 7. The van der Waals surface area contributed by atoms with Crippen LogP contribution in [0.25, 0.3) is 0 Å². The van der Waals surface area contributed by atoms with Gasteiger partial charge >= 0.3 is 5.97 Å². The lowest BCUT2D eigenvalue weighted by atomic mass is 9.79. The van der Waals surface area contributed by atoms with Crippen LogP contribution in [-0.2, 0) is 17.9 Å². The van der Waals surface area contributed by atoms with Gasteiger partial charge in [0.2, 0.25) is 0 Å². The summed E-state index contributed by atoms with van der Waals surface area (Å²) in [6, 6.07) is 20.9. The zero-order chi connectivity index (χ0) is 17.5. The van der Waals surface area contributed by atoms with Crippen molar-refractivity contribution in [3.63, 3.8) is 0 Å². The second-order valence-corrected chi connectivity index (χ2v) is 7.13. The number of aliphatic carboxylic acids is 1. The van der Waals surface area contributed by atoms with Crippen molar-refractivity contribution in [1.82, 2.24) is 4.90 Å². The molecule has 3 heteroatoms. The minimum atomic E-state index is -0.621. The molecule has 3 nitrogen and oxygen atoms in total. The van der Waals surface area contributed by atoms with Crippen molar-refractivity contribution in [2.75, 3.05) is 6.54 Å². The fourth-order valence-corrected chi connectivity index (χ4v) is 3.95. The molecule has 1 fully saturated rings. The Morgan fingerprint density at radius 3 is 1.92 bits per heavy atom. The zero-order valence-corrected chi connectivity index (χ0v) is 14.7. The second-order valence-electron chi connectivity index (χ2n) is 7.13. The molecule has 0 spiro atoms. The largest absolute Gasteiger partial charge is 0.481 e. The lowest BCUT2D eigenvalue weighted by molar-refractivity contribution is -0.145. The Morgan fingerprint density at radius 2 is 1.40 bits per heavy atom. The fraction of sp³-hybridized carbons (Fsp3) is 0.409. The van der Waals surface area contributed by atoms with Gasteiger partial charge in [0.25, 0.3) is 0 Å². The summed E-state index contributed by atoms with van der Waals surface area (Å²) in [7, 11) is 0. The van der Waals surface area contributed by atoms with Crippen LogP contribution >= 0.6 is 0 Å². The SMILES string of the molecule is O=C(O)C1CCCC[C@@H]1CN(Cc1ccccc1)Cc1ccccc1. The van der Waals surface area contributed by atoms with Crippen molar-refractivity contribution < 1.29 is 9.90 Å². The van der Waals surface area contributed by atoms with E-state index >= 15 is 0 Å². The van der Waals surface area contributed by atoms with E-state index in [1.807, 2.05) is 12.1 Å². The molecule has 0 amide bonds. The van der Waals surface area contributed by atoms with Crippen molar-refractivity contribution in [2.45, 2.75) is 38.8 Å². The average Bonchev–Trinajstić information content (AvgIpc) is 2.63. The highest BCUT2D eigenvalue weighted by molar-refractivity contribution is 5.70. The van der Waals surface area contributed by atoms with Gasteiger partial charge in [-0.2, -0.15) is 0 Å². The summed E-state index contributed by atoms with van der Waals surface area (Å²) in [5.41, 5.74) is 2.56. The molecular formula is C22H27NO2. The quantitative estimate of drug-likeness (QED) is 0.804. The van der Waals surface area contributed by atoms with E-state index in [4.69, 9.17) is 0 Å². The van der Waals surface area contributed by atoms with Crippen LogP contribution in [0.2, 0.25) is 0 Å². The monoisotopic (exact) mass is 337 g/mol. The van der Waals surface area contributed by atoms with Crippen LogP contribution in [0.3, 0.4) is 0 Å². The maximum absolute atomic E-state index is 11.6. The van der Waals surface area contributed by atoms with Crippen LogP contribution < -0.4 is 0 Å². The molecule has 2 aromatic carbocycles. The molecule has 1 aliphatic carbocycles. The van der Waals surface area contributed by atoms with Crippen LogP contribution in [0.1, 0.15) is 36.8 Å². The minimum Gasteiger partial charge on any atom is -0.481 e. The van der Waals surface area contributed by atoms with E-state index in [9.17, 15) is 9.90 Å². The molecule has 0 heterocycles. The van der Waals surface area contributed by atoms with E-state index in [-0.39, 0.29) is 11.8 Å². The maximum Gasteiger partial charge on any atom is 0.306 e. The van der Waals surface area contributed by atoms with Crippen LogP contribution in [0.5, 0.6) is 0 Å². The van der Waals surface area contributed by atoms with Gasteiger partial charge in [-0.05, 0) is 29.9 Å². The normalized spacial score (nSPS) is 20.5. The third kappa shape index (κ3) is 5.17. The topological polar surface area (TPSA) is 40.5 Å². The first-order valence-electron chi connectivity index (χ1n) is 9.25. The summed E-state index contributed by atoms with van der Waals surface area (Å²) in [5.74, 6) is -0.564. The van der Waals surface area contributed by atoms with Crippen LogP contribution in [-0.4, -0.2) is 22.5 Å². The molecule has 2 atom stereocenters. The first-order valence-corrected chi connectivity index (χ1v) is 9.25. The molecule has 2 aromatic rings. The van der Waals surface area contributed by atoms with Gasteiger partial charge in [0.1, 0.15) is 0 Å². The van der Waals surface area contributed by atoms with Gasteiger partial charge in [0, 0.05) is 19.6 Å². The minimum absolute atomic E-state index is 0.192. The standard InChI is InChI=1S/C22H27NO2/c24-22(25)21-14-8-7-13-20(21)17-23(15-18-9-3-1-4-10-18)16-19-11-5-2-6-12-19/h1-6,9-12,20-21H,7-8,13-17H2,(H,24,25)/t20-,21?/m1/s1. The number of hydrogen-bond donors (Lipinski definition) is 1. The summed E-state index contributed by atoms with van der Waals surface area (Å²) in [6.45, 7) is 2.57. The predicted molar refractivity (Wildman–Crippen MR) is 100 cm³/mol. The van der Waals surface area contributed by atoms with E-state index in [0.29, 0.717) is 0 Å². The van der Waals surface area contributed by atoms with E-state index in [1.165, 1.54) is 11.1 Å². The molecule has 25 heavy (non-hydrogen) atoms. The van der Waals surface area contributed by atoms with Crippen molar-refractivity contribution in [2.24, 2.45) is 11.8 Å². The third-order valence-electron chi connectivity index (χ3n) is 5.22. The maximum atomic E-state index is 11.6. The smallest absolute Gasteiger partial charge is 0.306 e. The number of hydrogen-bond acceptors (Lipinski definition) is 2. The molecule has 0 saturated heterocycles. The van der Waals surface area contributed by atoms with E-state index in [0.717, 1.165) is 45.3 Å². The summed E-state index contributed by atoms with van der Waals surface area (Å²) < 4.78 is 0. The highest BCUT2D eigenvalue weighted by Gasteiger charge is 2.31. The van der Waals surface area contributed by atoms with Gasteiger partial charge in [-0.3, -0.25) is 9.69 Å². The Balaban J connectivity index is 1.74. The van der Waals surface area contributed by atoms with Gasteiger partial charge in [-0.15, -0.1) is 0 Å². The first kappa shape index (κ1) is 17.7. The molecule has 3 rings (SSSR count). The first-order chi connectivity index (χ1) is 12.2. The van der Waals surface area contributed by atoms with Crippen LogP contribution in [0, 0.1) is 11.8 Å². The lowest BCUT2D eigenvalue weighted by Gasteiger charge is -2.33. The molecule has 132 valence electrons. The Morgan fingerprint density at radius 1 is 0.880 bits per heavy atom. The average molecular weight is 337 g/mol. The molecule has 1 aliphatic rings. The number of carboxylic acids is 1. The van der Waals surface area contributed by atoms with Crippen LogP contribution in [0.15, 0.2) is 60.7 Å². The summed E-state index contributed by atoms with van der Waals surface area (Å²) in [5, 5.41) is 9.58. The zero-order valence-electron chi connectivity index (χ0n) is 14.7. The van der Waals surface area contributed by atoms with E-state index in [1.54, 1.807) is 0 Å². The van der Waals surface area contributed by atoms with Gasteiger partial charge in [-0.1, -0.05) is 73.5 Å². The van der Waals surface area contributed by atoms with Crippen molar-refractivity contribution in [3.05, 3.63) is 71.8 Å². The van der Waals surface area contributed by atoms with Crippen molar-refractivity contribution in [1.29, 1.82) is 0 Å². The molecule has 0 radical (unpaired) electrons. The van der Waals surface area contributed by atoms with Crippen LogP contribution in [0.4, 0.5) is 0 Å². The van der Waals surface area contributed by atoms with Gasteiger partial charge in [0.05, 0.1) is 5.92 Å². The van der Waals surface area contributed by atoms with Crippen molar-refractivity contribution >= 4 is 5.97 Å². The van der Waals surface area contributed by atoms with E-state index < -0.39 is 5.97 Å². The molecular weight excluding hydrogens is 310 g/mol. The Labute approximate surface area is 150 Å². The van der Waals surface area contributed by atoms with E-state index in [2.05, 4.69) is 53.4 Å². The highest BCUT2D eigenvalue weighted by Crippen LogP contribution is 2.31. The summed E-state index contributed by atoms with van der Waals surface area (Å²) >= 11 is 0. The van der Waals surface area contributed by atoms with Gasteiger partial charge in [0.15, 0.2) is 0 Å². The number of benzene rings is 2. The predicted octanol–water partition coefficient (Wildman–Crippen LogP) is 4.58. The summed E-state index contributed by atoms with van der Waals surface area (Å²) in [6.07, 6.45) is 4.05. The Hall–Kier alpha value is -2.13. The Bertz CT molecular complexity index is 615. The number of carboxylic acid groups (broad SMARTS) is 1. The molecule has 1 N–H and O–H groups in total. The molecule has 0 bridgehead atoms. The van der Waals surface area contributed by atoms with Crippen molar-refractivity contribution in [3.8, 4) is 0 Å². The van der Waals surface area contributed by atoms with Gasteiger partial charge in [-0.25, -0.2) is 0 Å². The number of carbonyl (C=O) groups is 1. The molecule has 0 aromatic heterocycles. The highest BCUT2D eigenvalue weighted by atomic mass is 16.4. The Kier molecular flexibility index (Phi) is 6.24. The molecule has 0 aliphatic heterocycles.